The molecule has 0 bridgehead atoms. The van der Waals surface area contributed by atoms with Gasteiger partial charge in [0.25, 0.3) is 0 Å². The second kappa shape index (κ2) is 11.7. The Bertz CT molecular complexity index is 1250. The fourth-order valence-electron chi connectivity index (χ4n) is 4.70. The van der Waals surface area contributed by atoms with Gasteiger partial charge in [-0.05, 0) is 48.7 Å². The average Bonchev–Trinajstić information content (AvgIpc) is 3.49. The standard InChI is InChI=1S/C27H30FN5O3.CH4/c1-35-12-13-36-27-30-25(29)22-15-24(34)33(26(22)31-27)17-21-9-8-20(14-23(21)28)19-6-4-18(5-7-19)16-32-10-2-3-11-32;/h4-9,14H,2-3,10-13,15-17H2,1H3,(H2,29,30,31);1H4. The SMILES string of the molecule is C.COCCOc1nc(N)c2c(n1)N(Cc1ccc(-c3ccc(CN4CCCC4)cc3)cc1F)C(=O)C2. The number of hydrogen-bond donors (Lipinski definition) is 1. The lowest BCUT2D eigenvalue weighted by molar-refractivity contribution is -0.117. The molecule has 1 saturated heterocycles. The van der Waals surface area contributed by atoms with Crippen LogP contribution in [-0.2, 0) is 29.0 Å². The summed E-state index contributed by atoms with van der Waals surface area (Å²) in [5, 5.41) is 0. The van der Waals surface area contributed by atoms with E-state index in [4.69, 9.17) is 15.2 Å². The lowest BCUT2D eigenvalue weighted by Gasteiger charge is -2.18. The quantitative estimate of drug-likeness (QED) is 0.434. The third-order valence-corrected chi connectivity index (χ3v) is 6.67. The molecule has 5 rings (SSSR count). The van der Waals surface area contributed by atoms with Gasteiger partial charge in [0.05, 0.1) is 19.6 Å². The Kier molecular flexibility index (Phi) is 8.35. The number of fused-ring (bicyclic) bond motifs is 1. The maximum atomic E-state index is 15.2. The molecule has 3 heterocycles. The summed E-state index contributed by atoms with van der Waals surface area (Å²) >= 11 is 0. The van der Waals surface area contributed by atoms with Gasteiger partial charge in [-0.2, -0.15) is 9.97 Å². The van der Waals surface area contributed by atoms with Gasteiger partial charge in [-0.1, -0.05) is 43.8 Å². The van der Waals surface area contributed by atoms with Crippen LogP contribution in [0.5, 0.6) is 6.01 Å². The highest BCUT2D eigenvalue weighted by Gasteiger charge is 2.33. The molecule has 2 aliphatic rings. The van der Waals surface area contributed by atoms with Crippen molar-refractivity contribution in [1.82, 2.24) is 14.9 Å². The molecule has 3 aromatic rings. The first kappa shape index (κ1) is 26.5. The number of nitrogen functional groups attached to an aromatic ring is 1. The van der Waals surface area contributed by atoms with Crippen LogP contribution in [0.4, 0.5) is 16.0 Å². The Morgan fingerprint density at radius 1 is 1.00 bits per heavy atom. The minimum Gasteiger partial charge on any atom is -0.461 e. The van der Waals surface area contributed by atoms with E-state index in [-0.39, 0.29) is 50.6 Å². The molecule has 196 valence electrons. The normalized spacial score (nSPS) is 15.1. The molecule has 0 aliphatic carbocycles. The van der Waals surface area contributed by atoms with Gasteiger partial charge < -0.3 is 15.2 Å². The number of likely N-dealkylation sites (tertiary alicyclic amines) is 1. The number of anilines is 2. The average molecular weight is 508 g/mol. The number of methoxy groups -OCH3 is 1. The predicted molar refractivity (Wildman–Crippen MR) is 142 cm³/mol. The molecule has 0 atom stereocenters. The largest absolute Gasteiger partial charge is 0.461 e. The molecule has 0 unspecified atom stereocenters. The molecule has 2 aromatic carbocycles. The zero-order valence-corrected chi connectivity index (χ0v) is 20.4. The number of amides is 1. The first-order valence-electron chi connectivity index (χ1n) is 12.2. The molecule has 2 N–H and O–H groups in total. The number of ether oxygens (including phenoxy) is 2. The van der Waals surface area contributed by atoms with Crippen LogP contribution < -0.4 is 15.4 Å². The van der Waals surface area contributed by atoms with Gasteiger partial charge in [0.2, 0.25) is 5.91 Å². The molecule has 0 spiro atoms. The van der Waals surface area contributed by atoms with E-state index in [1.54, 1.807) is 13.2 Å². The van der Waals surface area contributed by atoms with Crippen LogP contribution in [0.15, 0.2) is 42.5 Å². The number of benzene rings is 2. The Hall–Kier alpha value is -3.56. The summed E-state index contributed by atoms with van der Waals surface area (Å²) in [4.78, 5) is 25.1. The van der Waals surface area contributed by atoms with Crippen molar-refractivity contribution in [2.24, 2.45) is 0 Å². The summed E-state index contributed by atoms with van der Waals surface area (Å²) in [7, 11) is 1.56. The third-order valence-electron chi connectivity index (χ3n) is 6.67. The van der Waals surface area contributed by atoms with E-state index in [1.807, 2.05) is 18.2 Å². The molecule has 37 heavy (non-hydrogen) atoms. The summed E-state index contributed by atoms with van der Waals surface area (Å²) in [5.41, 5.74) is 9.97. The van der Waals surface area contributed by atoms with E-state index in [0.717, 1.165) is 30.8 Å². The Morgan fingerprint density at radius 2 is 1.73 bits per heavy atom. The molecule has 2 aliphatic heterocycles. The van der Waals surface area contributed by atoms with E-state index < -0.39 is 0 Å². The zero-order valence-electron chi connectivity index (χ0n) is 20.4. The number of hydrogen-bond acceptors (Lipinski definition) is 7. The van der Waals surface area contributed by atoms with Crippen molar-refractivity contribution in [3.63, 3.8) is 0 Å². The maximum absolute atomic E-state index is 15.2. The van der Waals surface area contributed by atoms with Crippen LogP contribution in [0, 0.1) is 5.82 Å². The van der Waals surface area contributed by atoms with Crippen LogP contribution in [-0.4, -0.2) is 54.2 Å². The van der Waals surface area contributed by atoms with Crippen LogP contribution >= 0.6 is 0 Å². The van der Waals surface area contributed by atoms with E-state index in [9.17, 15) is 4.79 Å². The number of nitrogens with two attached hydrogens (primary N) is 1. The molecule has 0 radical (unpaired) electrons. The lowest BCUT2D eigenvalue weighted by Crippen LogP contribution is -2.27. The minimum absolute atomic E-state index is 0. The highest BCUT2D eigenvalue weighted by molar-refractivity contribution is 6.01. The Morgan fingerprint density at radius 3 is 2.43 bits per heavy atom. The molecule has 1 fully saturated rings. The van der Waals surface area contributed by atoms with E-state index >= 15 is 4.39 Å². The highest BCUT2D eigenvalue weighted by Crippen LogP contribution is 2.34. The molecular weight excluding hydrogens is 473 g/mol. The lowest BCUT2D eigenvalue weighted by atomic mass is 10.0. The summed E-state index contributed by atoms with van der Waals surface area (Å²) in [6.07, 6.45) is 2.60. The number of nitrogens with zero attached hydrogens (tertiary/aromatic N) is 4. The summed E-state index contributed by atoms with van der Waals surface area (Å²) in [6.45, 7) is 3.91. The fourth-order valence-corrected chi connectivity index (χ4v) is 4.70. The topological polar surface area (TPSA) is 93.8 Å². The van der Waals surface area contributed by atoms with Gasteiger partial charge in [-0.3, -0.25) is 14.6 Å². The third kappa shape index (κ3) is 5.89. The van der Waals surface area contributed by atoms with Gasteiger partial charge in [-0.25, -0.2) is 4.39 Å². The number of carbonyl (C=O) groups is 1. The first-order valence-corrected chi connectivity index (χ1v) is 12.2. The number of carbonyl (C=O) groups excluding carboxylic acids is 1. The number of aromatic nitrogens is 2. The van der Waals surface area contributed by atoms with Crippen molar-refractivity contribution in [3.8, 4) is 17.1 Å². The minimum atomic E-state index is -0.381. The van der Waals surface area contributed by atoms with Gasteiger partial charge in [0.1, 0.15) is 24.1 Å². The summed E-state index contributed by atoms with van der Waals surface area (Å²) in [5.74, 6) is -0.0464. The van der Waals surface area contributed by atoms with Gasteiger partial charge in [0.15, 0.2) is 0 Å². The van der Waals surface area contributed by atoms with Crippen LogP contribution in [0.25, 0.3) is 11.1 Å². The van der Waals surface area contributed by atoms with E-state index in [2.05, 4.69) is 27.0 Å². The zero-order chi connectivity index (χ0) is 25.1. The molecular formula is C28H34FN5O3. The van der Waals surface area contributed by atoms with E-state index in [0.29, 0.717) is 23.6 Å². The summed E-state index contributed by atoms with van der Waals surface area (Å²) in [6, 6.07) is 13.4. The smallest absolute Gasteiger partial charge is 0.320 e. The van der Waals surface area contributed by atoms with Crippen molar-refractivity contribution in [2.45, 2.75) is 39.8 Å². The second-order valence-corrected chi connectivity index (χ2v) is 9.18. The van der Waals surface area contributed by atoms with Crippen LogP contribution in [0.3, 0.4) is 0 Å². The maximum Gasteiger partial charge on any atom is 0.320 e. The molecule has 1 aromatic heterocycles. The van der Waals surface area contributed by atoms with Crippen molar-refractivity contribution >= 4 is 17.5 Å². The second-order valence-electron chi connectivity index (χ2n) is 9.18. The van der Waals surface area contributed by atoms with Gasteiger partial charge >= 0.3 is 6.01 Å². The number of halogens is 1. The van der Waals surface area contributed by atoms with Gasteiger partial charge in [-0.15, -0.1) is 0 Å². The first-order chi connectivity index (χ1) is 17.5. The highest BCUT2D eigenvalue weighted by atomic mass is 19.1. The van der Waals surface area contributed by atoms with Crippen LogP contribution in [0.2, 0.25) is 0 Å². The Labute approximate surface area is 217 Å². The monoisotopic (exact) mass is 507 g/mol. The molecule has 1 amide bonds. The van der Waals surface area contributed by atoms with E-state index in [1.165, 1.54) is 29.4 Å². The van der Waals surface area contributed by atoms with Crippen molar-refractivity contribution in [2.75, 3.05) is 44.0 Å². The predicted octanol–water partition coefficient (Wildman–Crippen LogP) is 4.21. The molecule has 0 saturated carbocycles. The van der Waals surface area contributed by atoms with Crippen molar-refractivity contribution < 1.29 is 18.7 Å². The fraction of sp³-hybridized carbons (Fsp3) is 0.393. The van der Waals surface area contributed by atoms with Crippen molar-refractivity contribution in [1.29, 1.82) is 0 Å². The molecule has 9 heteroatoms. The Balaban J connectivity index is 0.00000320. The number of rotatable bonds is 9. The van der Waals surface area contributed by atoms with Gasteiger partial charge in [0, 0.05) is 24.8 Å². The molecule has 8 nitrogen and oxygen atoms in total. The van der Waals surface area contributed by atoms with Crippen LogP contribution in [0.1, 0.15) is 37.0 Å². The van der Waals surface area contributed by atoms with Crippen molar-refractivity contribution in [3.05, 3.63) is 65.0 Å². The summed E-state index contributed by atoms with van der Waals surface area (Å²) < 4.78 is 25.6.